The first kappa shape index (κ1) is 19.3. The Morgan fingerprint density at radius 1 is 0.667 bits per heavy atom. The van der Waals surface area contributed by atoms with E-state index in [-0.39, 0.29) is 19.5 Å². The minimum absolute atomic E-state index is 0.156. The van der Waals surface area contributed by atoms with Gasteiger partial charge in [-0.05, 0) is 22.8 Å². The van der Waals surface area contributed by atoms with Gasteiger partial charge < -0.3 is 4.52 Å². The van der Waals surface area contributed by atoms with Gasteiger partial charge >= 0.3 is 8.69 Å². The highest BCUT2D eigenvalue weighted by atomic mass is 31.1. The summed E-state index contributed by atoms with van der Waals surface area (Å²) >= 11 is 0. The predicted molar refractivity (Wildman–Crippen MR) is 112 cm³/mol. The van der Waals surface area contributed by atoms with E-state index in [1.54, 1.807) is 0 Å². The quantitative estimate of drug-likeness (QED) is 0.436. The molecule has 0 heterocycles. The van der Waals surface area contributed by atoms with E-state index in [1.165, 1.54) is 16.7 Å². The van der Waals surface area contributed by atoms with Crippen LogP contribution in [0.25, 0.3) is 0 Å². The lowest BCUT2D eigenvalue weighted by molar-refractivity contribution is 0.509. The normalized spacial score (nSPS) is 12.1. The molecule has 0 aliphatic rings. The zero-order valence-electron chi connectivity index (χ0n) is 16.3. The summed E-state index contributed by atoms with van der Waals surface area (Å²) < 4.78 is 16.6. The van der Waals surface area contributed by atoms with Crippen molar-refractivity contribution in [2.45, 2.75) is 38.5 Å². The van der Waals surface area contributed by atoms with Crippen LogP contribution in [0.3, 0.4) is 0 Å². The highest BCUT2D eigenvalue weighted by molar-refractivity contribution is 7.17. The molecule has 0 N–H and O–H groups in total. The number of hydrogen-bond acceptors (Lipinski definition) is 2. The van der Waals surface area contributed by atoms with E-state index in [9.17, 15) is 4.57 Å². The summed E-state index contributed by atoms with van der Waals surface area (Å²) in [6.07, 6.45) is 0. The molecule has 0 spiro atoms. The molecule has 0 saturated heterocycles. The van der Waals surface area contributed by atoms with Crippen molar-refractivity contribution < 1.29 is 9.09 Å². The van der Waals surface area contributed by atoms with E-state index in [1.807, 2.05) is 30.3 Å². The van der Waals surface area contributed by atoms with E-state index in [4.69, 9.17) is 4.52 Å². The van der Waals surface area contributed by atoms with E-state index in [0.29, 0.717) is 5.75 Å². The van der Waals surface area contributed by atoms with Crippen LogP contribution in [0, 0.1) is 0 Å². The van der Waals surface area contributed by atoms with Crippen molar-refractivity contribution in [1.82, 2.24) is 0 Å². The molecule has 0 bridgehead atoms. The van der Waals surface area contributed by atoms with Crippen LogP contribution in [0.4, 0.5) is 0 Å². The molecule has 138 valence electrons. The van der Waals surface area contributed by atoms with Crippen LogP contribution >= 0.6 is 8.69 Å². The van der Waals surface area contributed by atoms with Crippen molar-refractivity contribution in [3.63, 3.8) is 0 Å². The van der Waals surface area contributed by atoms with Gasteiger partial charge in [0.15, 0.2) is 0 Å². The van der Waals surface area contributed by atoms with Gasteiger partial charge in [0.25, 0.3) is 0 Å². The smallest absolute Gasteiger partial charge is 0.395 e. The van der Waals surface area contributed by atoms with Crippen molar-refractivity contribution in [3.8, 4) is 5.75 Å². The molecule has 0 saturated carbocycles. The molecule has 0 unspecified atom stereocenters. The Balaban J connectivity index is 2.15. The highest BCUT2D eigenvalue weighted by Gasteiger charge is 2.30. The molecule has 3 rings (SSSR count). The van der Waals surface area contributed by atoms with Gasteiger partial charge in [-0.15, -0.1) is 0 Å². The Bertz CT molecular complexity index is 916. The average molecular weight is 376 g/mol. The molecule has 2 nitrogen and oxygen atoms in total. The van der Waals surface area contributed by atoms with Crippen molar-refractivity contribution in [2.75, 3.05) is 0 Å². The fourth-order valence-electron chi connectivity index (χ4n) is 3.56. The zero-order chi connectivity index (χ0) is 19.5. The second-order valence-corrected chi connectivity index (χ2v) is 8.19. The highest BCUT2D eigenvalue weighted by Crippen LogP contribution is 2.42. The lowest BCUT2D eigenvalue weighted by Crippen LogP contribution is -2.23. The van der Waals surface area contributed by atoms with Gasteiger partial charge in [-0.1, -0.05) is 100 Å². The van der Waals surface area contributed by atoms with E-state index in [0.717, 1.165) is 5.56 Å². The third-order valence-corrected chi connectivity index (χ3v) is 5.77. The summed E-state index contributed by atoms with van der Waals surface area (Å²) in [6, 6.07) is 27.0. The molecule has 0 radical (unpaired) electrons. The monoisotopic (exact) mass is 376 g/mol. The molecular weight excluding hydrogens is 351 g/mol. The Morgan fingerprint density at radius 3 is 1.70 bits per heavy atom. The largest absolute Gasteiger partial charge is 0.407 e. The molecule has 3 aromatic carbocycles. The second-order valence-electron chi connectivity index (χ2n) is 7.86. The van der Waals surface area contributed by atoms with E-state index >= 15 is 0 Å². The summed E-state index contributed by atoms with van der Waals surface area (Å²) in [6.45, 7) is 8.80. The summed E-state index contributed by atoms with van der Waals surface area (Å²) in [5, 5.41) is 0. The molecular formula is C24H25O2P. The van der Waals surface area contributed by atoms with Crippen molar-refractivity contribution in [2.24, 2.45) is 0 Å². The molecule has 0 aromatic heterocycles. The molecule has 0 fully saturated rings. The molecule has 3 aromatic rings. The summed E-state index contributed by atoms with van der Waals surface area (Å²) in [5.74, 6) is 0.646. The van der Waals surface area contributed by atoms with Crippen LogP contribution in [-0.2, 0) is 15.4 Å². The Morgan fingerprint density at radius 2 is 1.19 bits per heavy atom. The van der Waals surface area contributed by atoms with Crippen molar-refractivity contribution >= 4 is 8.69 Å². The number of rotatable bonds is 6. The van der Waals surface area contributed by atoms with Gasteiger partial charge in [0.1, 0.15) is 5.75 Å². The lowest BCUT2D eigenvalue weighted by Gasteiger charge is -2.31. The third-order valence-electron chi connectivity index (χ3n) is 5.50. The fraction of sp³-hybridized carbons (Fsp3) is 0.250. The van der Waals surface area contributed by atoms with Gasteiger partial charge in [-0.2, -0.15) is 0 Å². The Kier molecular flexibility index (Phi) is 5.48. The predicted octanol–water partition coefficient (Wildman–Crippen LogP) is 6.92. The van der Waals surface area contributed by atoms with E-state index in [2.05, 4.69) is 76.2 Å². The molecule has 0 aliphatic carbocycles. The summed E-state index contributed by atoms with van der Waals surface area (Å²) in [7, 11) is -0.343. The van der Waals surface area contributed by atoms with Crippen LogP contribution in [0.15, 0.2) is 78.9 Å². The summed E-state index contributed by atoms with van der Waals surface area (Å²) in [4.78, 5) is 0. The molecule has 0 aliphatic heterocycles. The third kappa shape index (κ3) is 3.82. The zero-order valence-corrected chi connectivity index (χ0v) is 17.2. The van der Waals surface area contributed by atoms with Gasteiger partial charge in [0.2, 0.25) is 0 Å². The number of benzene rings is 3. The average Bonchev–Trinajstić information content (AvgIpc) is 2.69. The molecule has 0 amide bonds. The van der Waals surface area contributed by atoms with Crippen LogP contribution in [0.5, 0.6) is 5.75 Å². The Hall–Kier alpha value is -2.44. The Labute approximate surface area is 163 Å². The van der Waals surface area contributed by atoms with Gasteiger partial charge in [0, 0.05) is 16.4 Å². The first-order chi connectivity index (χ1) is 12.9. The first-order valence-electron chi connectivity index (χ1n) is 9.13. The van der Waals surface area contributed by atoms with Crippen LogP contribution in [0.1, 0.15) is 49.9 Å². The second kappa shape index (κ2) is 7.66. The summed E-state index contributed by atoms with van der Waals surface area (Å²) in [5.41, 5.74) is 4.22. The van der Waals surface area contributed by atoms with Crippen molar-refractivity contribution in [3.05, 3.63) is 101 Å². The number of hydrogen-bond donors (Lipinski definition) is 0. The van der Waals surface area contributed by atoms with Crippen LogP contribution in [0.2, 0.25) is 0 Å². The maximum absolute atomic E-state index is 11.2. The molecule has 0 atom stereocenters. The van der Waals surface area contributed by atoms with Gasteiger partial charge in [-0.3, -0.25) is 0 Å². The van der Waals surface area contributed by atoms with E-state index < -0.39 is 0 Å². The molecule has 3 heteroatoms. The minimum atomic E-state index is -0.343. The minimum Gasteiger partial charge on any atom is -0.407 e. The van der Waals surface area contributed by atoms with Gasteiger partial charge in [-0.25, -0.2) is 4.57 Å². The first-order valence-corrected chi connectivity index (χ1v) is 9.86. The maximum atomic E-state index is 11.2. The standard InChI is InChI=1S/C24H25O2P/c1-23(2,18-11-7-5-8-12-18)20-15-16-22(26-27-25)21(17-20)24(3,4)19-13-9-6-10-14-19/h5-17H,1-4H3. The fourth-order valence-corrected chi connectivity index (χ4v) is 3.80. The SMILES string of the molecule is CC(C)(c1ccccc1)c1ccc(OP=O)c(C(C)(C)c2ccccc2)c1. The molecule has 27 heavy (non-hydrogen) atoms. The van der Waals surface area contributed by atoms with Gasteiger partial charge in [0.05, 0.1) is 0 Å². The van der Waals surface area contributed by atoms with Crippen LogP contribution < -0.4 is 4.52 Å². The maximum Gasteiger partial charge on any atom is 0.395 e. The topological polar surface area (TPSA) is 26.3 Å². The lowest BCUT2D eigenvalue weighted by atomic mass is 9.73. The van der Waals surface area contributed by atoms with Crippen LogP contribution in [-0.4, -0.2) is 0 Å². The van der Waals surface area contributed by atoms with Crippen molar-refractivity contribution in [1.29, 1.82) is 0 Å².